The van der Waals surface area contributed by atoms with Gasteiger partial charge >= 0.3 is 0 Å². The van der Waals surface area contributed by atoms with E-state index in [1.807, 2.05) is 59.5 Å². The Hall–Kier alpha value is -4.44. The largest absolute Gasteiger partial charge is 0.507 e. The molecule has 1 aliphatic rings. The molecule has 1 aromatic heterocycles. The molecule has 4 aromatic rings. The number of ether oxygens (including phenoxy) is 2. The number of rotatable bonds is 7. The molecule has 0 amide bonds. The molecule has 0 radical (unpaired) electrons. The summed E-state index contributed by atoms with van der Waals surface area (Å²) in [6, 6.07) is 18.8. The van der Waals surface area contributed by atoms with E-state index in [1.165, 1.54) is 0 Å². The van der Waals surface area contributed by atoms with E-state index in [4.69, 9.17) is 9.47 Å². The number of aromatic hydroxyl groups is 1. The number of hydrazone groups is 1. The van der Waals surface area contributed by atoms with Gasteiger partial charge in [-0.3, -0.25) is 0 Å². The van der Waals surface area contributed by atoms with Crippen LogP contribution in [0, 0.1) is 0 Å². The molecular formula is C25H25N7O3. The summed E-state index contributed by atoms with van der Waals surface area (Å²) in [5.74, 6) is 2.06. The lowest BCUT2D eigenvalue weighted by molar-refractivity contribution is 0.122. The van der Waals surface area contributed by atoms with Crippen LogP contribution in [0.5, 0.6) is 11.5 Å². The van der Waals surface area contributed by atoms with Gasteiger partial charge in [-0.05, 0) is 41.1 Å². The van der Waals surface area contributed by atoms with Gasteiger partial charge in [0.2, 0.25) is 17.8 Å². The maximum Gasteiger partial charge on any atom is 0.250 e. The standard InChI is InChI=1S/C25H25N7O3/c1-34-19-9-7-18(8-10-19)27-23-28-24(30-25(29-23)32-12-14-35-15-13-32)31-26-16-21-20-5-3-2-4-17(20)6-11-22(21)33/h2-11,16,33H,12-15H2,1H3,(H2,27,28,29,30,31)/b26-16+. The van der Waals surface area contributed by atoms with Crippen molar-refractivity contribution in [3.05, 3.63) is 66.2 Å². The van der Waals surface area contributed by atoms with Crippen molar-refractivity contribution in [1.82, 2.24) is 15.0 Å². The number of anilines is 4. The van der Waals surface area contributed by atoms with Crippen LogP contribution in [0.4, 0.5) is 23.5 Å². The normalized spacial score (nSPS) is 13.8. The first-order chi connectivity index (χ1) is 17.2. The molecule has 3 N–H and O–H groups in total. The molecule has 178 valence electrons. The van der Waals surface area contributed by atoms with Gasteiger partial charge in [-0.25, -0.2) is 5.43 Å². The van der Waals surface area contributed by atoms with Crippen LogP contribution in [0.15, 0.2) is 65.8 Å². The predicted octanol–water partition coefficient (Wildman–Crippen LogP) is 3.77. The van der Waals surface area contributed by atoms with Crippen molar-refractivity contribution in [2.75, 3.05) is 49.1 Å². The van der Waals surface area contributed by atoms with Crippen molar-refractivity contribution in [3.8, 4) is 11.5 Å². The SMILES string of the molecule is COc1ccc(Nc2nc(N/N=C/c3c(O)ccc4ccccc34)nc(N3CCOCC3)n2)cc1. The summed E-state index contributed by atoms with van der Waals surface area (Å²) < 4.78 is 10.7. The van der Waals surface area contributed by atoms with Crippen LogP contribution >= 0.6 is 0 Å². The molecule has 0 unspecified atom stereocenters. The summed E-state index contributed by atoms with van der Waals surface area (Å²) in [5.41, 5.74) is 4.30. The van der Waals surface area contributed by atoms with Crippen molar-refractivity contribution in [3.63, 3.8) is 0 Å². The van der Waals surface area contributed by atoms with E-state index in [0.717, 1.165) is 22.2 Å². The molecule has 0 atom stereocenters. The van der Waals surface area contributed by atoms with Crippen LogP contribution in [-0.2, 0) is 4.74 Å². The zero-order valence-corrected chi connectivity index (χ0v) is 19.2. The van der Waals surface area contributed by atoms with Crippen LogP contribution in [-0.4, -0.2) is 59.7 Å². The first kappa shape index (κ1) is 22.4. The topological polar surface area (TPSA) is 117 Å². The summed E-state index contributed by atoms with van der Waals surface area (Å²) in [5, 5.41) is 19.8. The average molecular weight is 472 g/mol. The summed E-state index contributed by atoms with van der Waals surface area (Å²) in [6.45, 7) is 2.57. The fraction of sp³-hybridized carbons (Fsp3) is 0.200. The summed E-state index contributed by atoms with van der Waals surface area (Å²) >= 11 is 0. The quantitative estimate of drug-likeness (QED) is 0.273. The Labute approximate surface area is 202 Å². The third-order valence-electron chi connectivity index (χ3n) is 5.57. The Morgan fingerprint density at radius 3 is 2.54 bits per heavy atom. The molecule has 2 heterocycles. The highest BCUT2D eigenvalue weighted by Gasteiger charge is 2.17. The minimum atomic E-state index is 0.140. The van der Waals surface area contributed by atoms with Crippen molar-refractivity contribution in [2.24, 2.45) is 5.10 Å². The molecule has 1 saturated heterocycles. The molecule has 0 spiro atoms. The van der Waals surface area contributed by atoms with Crippen molar-refractivity contribution in [2.45, 2.75) is 0 Å². The van der Waals surface area contributed by atoms with Gasteiger partial charge in [-0.15, -0.1) is 0 Å². The number of hydrogen-bond donors (Lipinski definition) is 3. The van der Waals surface area contributed by atoms with Crippen molar-refractivity contribution >= 4 is 40.5 Å². The van der Waals surface area contributed by atoms with Crippen LogP contribution in [0.1, 0.15) is 5.56 Å². The van der Waals surface area contributed by atoms with E-state index in [0.29, 0.717) is 43.8 Å². The monoisotopic (exact) mass is 471 g/mol. The number of aromatic nitrogens is 3. The Balaban J connectivity index is 1.42. The number of phenols is 1. The molecule has 3 aromatic carbocycles. The molecule has 35 heavy (non-hydrogen) atoms. The molecular weight excluding hydrogens is 446 g/mol. The van der Waals surface area contributed by atoms with Gasteiger partial charge in [-0.1, -0.05) is 30.3 Å². The van der Waals surface area contributed by atoms with E-state index in [9.17, 15) is 5.11 Å². The molecule has 0 aliphatic carbocycles. The van der Waals surface area contributed by atoms with Gasteiger partial charge in [0, 0.05) is 24.3 Å². The highest BCUT2D eigenvalue weighted by atomic mass is 16.5. The van der Waals surface area contributed by atoms with E-state index in [1.54, 1.807) is 19.4 Å². The fourth-order valence-corrected chi connectivity index (χ4v) is 3.75. The third-order valence-corrected chi connectivity index (χ3v) is 5.57. The summed E-state index contributed by atoms with van der Waals surface area (Å²) in [6.07, 6.45) is 1.56. The predicted molar refractivity (Wildman–Crippen MR) is 136 cm³/mol. The number of hydrogen-bond acceptors (Lipinski definition) is 10. The lowest BCUT2D eigenvalue weighted by Gasteiger charge is -2.27. The van der Waals surface area contributed by atoms with E-state index >= 15 is 0 Å². The minimum Gasteiger partial charge on any atom is -0.507 e. The number of nitrogens with zero attached hydrogens (tertiary/aromatic N) is 5. The van der Waals surface area contributed by atoms with E-state index in [-0.39, 0.29) is 11.7 Å². The number of benzene rings is 3. The second kappa shape index (κ2) is 10.2. The second-order valence-electron chi connectivity index (χ2n) is 7.83. The smallest absolute Gasteiger partial charge is 0.250 e. The lowest BCUT2D eigenvalue weighted by Crippen LogP contribution is -2.37. The number of methoxy groups -OCH3 is 1. The zero-order valence-electron chi connectivity index (χ0n) is 19.2. The van der Waals surface area contributed by atoms with Gasteiger partial charge < -0.3 is 24.8 Å². The second-order valence-corrected chi connectivity index (χ2v) is 7.83. The first-order valence-electron chi connectivity index (χ1n) is 11.2. The van der Waals surface area contributed by atoms with Crippen LogP contribution < -0.4 is 20.4 Å². The highest BCUT2D eigenvalue weighted by molar-refractivity contribution is 6.02. The van der Waals surface area contributed by atoms with Gasteiger partial charge in [-0.2, -0.15) is 20.1 Å². The minimum absolute atomic E-state index is 0.140. The third kappa shape index (κ3) is 5.22. The van der Waals surface area contributed by atoms with Crippen molar-refractivity contribution < 1.29 is 14.6 Å². The molecule has 10 heteroatoms. The Morgan fingerprint density at radius 2 is 1.74 bits per heavy atom. The van der Waals surface area contributed by atoms with Gasteiger partial charge in [0.25, 0.3) is 0 Å². The van der Waals surface area contributed by atoms with Crippen LogP contribution in [0.3, 0.4) is 0 Å². The highest BCUT2D eigenvalue weighted by Crippen LogP contribution is 2.26. The van der Waals surface area contributed by atoms with Gasteiger partial charge in [0.1, 0.15) is 11.5 Å². The number of fused-ring (bicyclic) bond motifs is 1. The molecule has 0 bridgehead atoms. The molecule has 0 saturated carbocycles. The molecule has 1 aliphatic heterocycles. The van der Waals surface area contributed by atoms with Gasteiger partial charge in [0.15, 0.2) is 0 Å². The Morgan fingerprint density at radius 1 is 0.971 bits per heavy atom. The average Bonchev–Trinajstić information content (AvgIpc) is 2.91. The molecule has 1 fully saturated rings. The maximum atomic E-state index is 10.4. The van der Waals surface area contributed by atoms with Crippen LogP contribution in [0.2, 0.25) is 0 Å². The summed E-state index contributed by atoms with van der Waals surface area (Å²) in [7, 11) is 1.62. The number of phenolic OH excluding ortho intramolecular Hbond substituents is 1. The fourth-order valence-electron chi connectivity index (χ4n) is 3.75. The number of nitrogens with one attached hydrogen (secondary N) is 2. The summed E-state index contributed by atoms with van der Waals surface area (Å²) in [4.78, 5) is 15.6. The number of morpholine rings is 1. The lowest BCUT2D eigenvalue weighted by atomic mass is 10.0. The van der Waals surface area contributed by atoms with Gasteiger partial charge in [0.05, 0.1) is 26.5 Å². The molecule has 5 rings (SSSR count). The Kier molecular flexibility index (Phi) is 6.53. The van der Waals surface area contributed by atoms with Crippen molar-refractivity contribution in [1.29, 1.82) is 0 Å². The molecule has 10 nitrogen and oxygen atoms in total. The Bertz CT molecular complexity index is 1340. The maximum absolute atomic E-state index is 10.4. The zero-order chi connectivity index (χ0) is 24.0. The van der Waals surface area contributed by atoms with Crippen LogP contribution in [0.25, 0.3) is 10.8 Å². The van der Waals surface area contributed by atoms with E-state index < -0.39 is 0 Å². The first-order valence-corrected chi connectivity index (χ1v) is 11.2. The van der Waals surface area contributed by atoms with E-state index in [2.05, 4.69) is 30.8 Å².